The summed E-state index contributed by atoms with van der Waals surface area (Å²) in [6.07, 6.45) is 7.18. The summed E-state index contributed by atoms with van der Waals surface area (Å²) in [6.45, 7) is 8.03. The van der Waals surface area contributed by atoms with E-state index in [1.807, 2.05) is 0 Å². The van der Waals surface area contributed by atoms with E-state index in [9.17, 15) is 0 Å². The zero-order chi connectivity index (χ0) is 11.1. The van der Waals surface area contributed by atoms with Crippen molar-refractivity contribution >= 4 is 0 Å². The first-order chi connectivity index (χ1) is 7.24. The molecule has 2 heteroatoms. The van der Waals surface area contributed by atoms with Crippen molar-refractivity contribution in [2.75, 3.05) is 26.7 Å². The number of hydrogen-bond acceptors (Lipinski definition) is 2. The van der Waals surface area contributed by atoms with E-state index in [-0.39, 0.29) is 0 Å². The van der Waals surface area contributed by atoms with Crippen molar-refractivity contribution in [3.63, 3.8) is 0 Å². The van der Waals surface area contributed by atoms with Gasteiger partial charge < -0.3 is 10.2 Å². The third-order valence-corrected chi connectivity index (χ3v) is 3.54. The van der Waals surface area contributed by atoms with Crippen LogP contribution < -0.4 is 5.32 Å². The van der Waals surface area contributed by atoms with E-state index >= 15 is 0 Å². The summed E-state index contributed by atoms with van der Waals surface area (Å²) in [6, 6.07) is 0.864. The van der Waals surface area contributed by atoms with Gasteiger partial charge in [-0.2, -0.15) is 0 Å². The lowest BCUT2D eigenvalue weighted by Crippen LogP contribution is -2.38. The third-order valence-electron chi connectivity index (χ3n) is 3.54. The molecule has 0 spiro atoms. The largest absolute Gasteiger partial charge is 0.317 e. The van der Waals surface area contributed by atoms with Crippen LogP contribution in [0.15, 0.2) is 0 Å². The van der Waals surface area contributed by atoms with Crippen LogP contribution in [0.3, 0.4) is 0 Å². The summed E-state index contributed by atoms with van der Waals surface area (Å²) < 4.78 is 0. The molecule has 90 valence electrons. The van der Waals surface area contributed by atoms with Gasteiger partial charge in [-0.15, -0.1) is 0 Å². The van der Waals surface area contributed by atoms with E-state index in [1.54, 1.807) is 0 Å². The van der Waals surface area contributed by atoms with Crippen LogP contribution in [0.5, 0.6) is 0 Å². The van der Waals surface area contributed by atoms with E-state index < -0.39 is 0 Å². The van der Waals surface area contributed by atoms with Crippen LogP contribution in [0.25, 0.3) is 0 Å². The second-order valence-corrected chi connectivity index (χ2v) is 5.14. The molecule has 1 N–H and O–H groups in total. The van der Waals surface area contributed by atoms with Gasteiger partial charge in [-0.25, -0.2) is 0 Å². The Morgan fingerprint density at radius 2 is 1.93 bits per heavy atom. The first kappa shape index (κ1) is 13.0. The lowest BCUT2D eigenvalue weighted by molar-refractivity contribution is 0.169. The predicted octanol–water partition coefficient (Wildman–Crippen LogP) is 2.50. The fourth-order valence-corrected chi connectivity index (χ4v) is 2.62. The molecule has 1 rings (SSSR count). The van der Waals surface area contributed by atoms with Crippen LogP contribution in [0.4, 0.5) is 0 Å². The lowest BCUT2D eigenvalue weighted by Gasteiger charge is -2.33. The van der Waals surface area contributed by atoms with Crippen LogP contribution in [0.1, 0.15) is 46.0 Å². The molecule has 0 saturated heterocycles. The number of nitrogens with one attached hydrogen (secondary N) is 1. The zero-order valence-corrected chi connectivity index (χ0v) is 10.8. The first-order valence-corrected chi connectivity index (χ1v) is 6.65. The lowest BCUT2D eigenvalue weighted by atomic mass is 9.94. The van der Waals surface area contributed by atoms with Crippen molar-refractivity contribution in [3.05, 3.63) is 0 Å². The molecule has 0 aromatic carbocycles. The maximum absolute atomic E-state index is 3.43. The maximum atomic E-state index is 3.43. The number of hydrogen-bond donors (Lipinski definition) is 1. The quantitative estimate of drug-likeness (QED) is 0.728. The van der Waals surface area contributed by atoms with Crippen molar-refractivity contribution in [3.8, 4) is 0 Å². The Balaban J connectivity index is 2.17. The monoisotopic (exact) mass is 212 g/mol. The summed E-state index contributed by atoms with van der Waals surface area (Å²) in [5.41, 5.74) is 0. The molecule has 1 fully saturated rings. The molecule has 2 nitrogen and oxygen atoms in total. The molecule has 1 aliphatic carbocycles. The molecular formula is C13H28N2. The zero-order valence-electron chi connectivity index (χ0n) is 10.8. The van der Waals surface area contributed by atoms with E-state index in [1.165, 1.54) is 38.6 Å². The average molecular weight is 212 g/mol. The Labute approximate surface area is 95.4 Å². The fraction of sp³-hybridized carbons (Fsp3) is 1.00. The minimum atomic E-state index is 0.775. The van der Waals surface area contributed by atoms with Crippen LogP contribution in [-0.2, 0) is 0 Å². The van der Waals surface area contributed by atoms with Crippen molar-refractivity contribution in [1.82, 2.24) is 10.2 Å². The highest BCUT2D eigenvalue weighted by atomic mass is 15.1. The second-order valence-electron chi connectivity index (χ2n) is 5.14. The van der Waals surface area contributed by atoms with Gasteiger partial charge in [0.25, 0.3) is 0 Å². The van der Waals surface area contributed by atoms with Crippen LogP contribution in [-0.4, -0.2) is 37.6 Å². The van der Waals surface area contributed by atoms with Gasteiger partial charge in [0, 0.05) is 12.6 Å². The van der Waals surface area contributed by atoms with Crippen LogP contribution >= 0.6 is 0 Å². The standard InChI is InChI=1S/C13H28N2/c1-4-14-10-12(2)11-15(3)13-8-6-5-7-9-13/h12-14H,4-11H2,1-3H3. The molecule has 0 amide bonds. The molecule has 0 heterocycles. The number of rotatable bonds is 6. The highest BCUT2D eigenvalue weighted by Gasteiger charge is 2.18. The van der Waals surface area contributed by atoms with Crippen molar-refractivity contribution < 1.29 is 0 Å². The molecule has 0 aromatic heterocycles. The topological polar surface area (TPSA) is 15.3 Å². The maximum Gasteiger partial charge on any atom is 0.00923 e. The van der Waals surface area contributed by atoms with E-state index in [2.05, 4.69) is 31.1 Å². The summed E-state index contributed by atoms with van der Waals surface area (Å²) in [5.74, 6) is 0.775. The molecule has 1 aliphatic rings. The predicted molar refractivity (Wildman–Crippen MR) is 67.2 cm³/mol. The Hall–Kier alpha value is -0.0800. The normalized spacial score (nSPS) is 20.8. The van der Waals surface area contributed by atoms with Gasteiger partial charge in [0.05, 0.1) is 0 Å². The van der Waals surface area contributed by atoms with Gasteiger partial charge in [0.15, 0.2) is 0 Å². The fourth-order valence-electron chi connectivity index (χ4n) is 2.62. The Bertz CT molecular complexity index is 153. The highest BCUT2D eigenvalue weighted by molar-refractivity contribution is 4.75. The number of nitrogens with zero attached hydrogens (tertiary/aromatic N) is 1. The molecule has 15 heavy (non-hydrogen) atoms. The molecule has 0 bridgehead atoms. The van der Waals surface area contributed by atoms with Crippen molar-refractivity contribution in [2.45, 2.75) is 52.0 Å². The molecule has 1 saturated carbocycles. The van der Waals surface area contributed by atoms with Crippen LogP contribution in [0, 0.1) is 5.92 Å². The van der Waals surface area contributed by atoms with Gasteiger partial charge in [0.1, 0.15) is 0 Å². The van der Waals surface area contributed by atoms with Gasteiger partial charge in [-0.3, -0.25) is 0 Å². The molecule has 1 atom stereocenters. The van der Waals surface area contributed by atoms with E-state index in [0.29, 0.717) is 0 Å². The smallest absolute Gasteiger partial charge is 0.00923 e. The summed E-state index contributed by atoms with van der Waals surface area (Å²) >= 11 is 0. The molecular weight excluding hydrogens is 184 g/mol. The van der Waals surface area contributed by atoms with Gasteiger partial charge in [-0.05, 0) is 38.9 Å². The minimum absolute atomic E-state index is 0.775. The summed E-state index contributed by atoms with van der Waals surface area (Å²) in [7, 11) is 2.30. The molecule has 1 unspecified atom stereocenters. The summed E-state index contributed by atoms with van der Waals surface area (Å²) in [4.78, 5) is 2.58. The van der Waals surface area contributed by atoms with E-state index in [0.717, 1.165) is 25.0 Å². The van der Waals surface area contributed by atoms with E-state index in [4.69, 9.17) is 0 Å². The highest BCUT2D eigenvalue weighted by Crippen LogP contribution is 2.21. The third kappa shape index (κ3) is 4.98. The Morgan fingerprint density at radius 3 is 2.53 bits per heavy atom. The average Bonchev–Trinajstić information content (AvgIpc) is 2.27. The second kappa shape index (κ2) is 7.24. The molecule has 0 radical (unpaired) electrons. The van der Waals surface area contributed by atoms with Crippen molar-refractivity contribution in [1.29, 1.82) is 0 Å². The first-order valence-electron chi connectivity index (χ1n) is 6.65. The summed E-state index contributed by atoms with van der Waals surface area (Å²) in [5, 5.41) is 3.43. The Morgan fingerprint density at radius 1 is 1.27 bits per heavy atom. The molecule has 0 aromatic rings. The van der Waals surface area contributed by atoms with Crippen molar-refractivity contribution in [2.24, 2.45) is 5.92 Å². The van der Waals surface area contributed by atoms with Gasteiger partial charge in [0.2, 0.25) is 0 Å². The SMILES string of the molecule is CCNCC(C)CN(C)C1CCCCC1. The minimum Gasteiger partial charge on any atom is -0.317 e. The Kier molecular flexibility index (Phi) is 6.26. The molecule has 0 aliphatic heterocycles. The van der Waals surface area contributed by atoms with Crippen LogP contribution in [0.2, 0.25) is 0 Å². The van der Waals surface area contributed by atoms with Gasteiger partial charge in [-0.1, -0.05) is 33.1 Å². The van der Waals surface area contributed by atoms with Gasteiger partial charge >= 0.3 is 0 Å².